The number of carbonyl (C=O) groups excluding carboxylic acids is 3. The van der Waals surface area contributed by atoms with Crippen LogP contribution in [0.25, 0.3) is 0 Å². The van der Waals surface area contributed by atoms with Gasteiger partial charge in [0.25, 0.3) is 0 Å². The lowest BCUT2D eigenvalue weighted by molar-refractivity contribution is -0.145. The summed E-state index contributed by atoms with van der Waals surface area (Å²) in [5, 5.41) is 0. The van der Waals surface area contributed by atoms with Crippen LogP contribution < -0.4 is 0 Å². The van der Waals surface area contributed by atoms with Crippen molar-refractivity contribution in [3.8, 4) is 0 Å². The van der Waals surface area contributed by atoms with Gasteiger partial charge in [0, 0.05) is 12.5 Å². The van der Waals surface area contributed by atoms with Crippen molar-refractivity contribution in [1.82, 2.24) is 0 Å². The fourth-order valence-corrected chi connectivity index (χ4v) is 2.08. The van der Waals surface area contributed by atoms with Gasteiger partial charge in [-0.1, -0.05) is 30.3 Å². The van der Waals surface area contributed by atoms with E-state index in [9.17, 15) is 14.4 Å². The number of rotatable bonds is 5. The Bertz CT molecular complexity index is 574. The molecule has 0 spiro atoms. The zero-order valence-corrected chi connectivity index (χ0v) is 11.7. The van der Waals surface area contributed by atoms with Gasteiger partial charge in [0.05, 0.1) is 12.8 Å². The van der Waals surface area contributed by atoms with Crippen molar-refractivity contribution in [2.45, 2.75) is 32.5 Å². The standard InChI is InChI=1S/C16H16O5/c1-11(17)21-14-7-13(15(18)9-14)8-16(19)20-10-12-5-3-2-4-6-12/h2-7,14H,8-10H2,1H3/t14-/m0/s1. The quantitative estimate of drug-likeness (QED) is 0.774. The fraction of sp³-hybridized carbons (Fsp3) is 0.312. The van der Waals surface area contributed by atoms with Crippen LogP contribution in [0.2, 0.25) is 0 Å². The molecular formula is C16H16O5. The van der Waals surface area contributed by atoms with Gasteiger partial charge >= 0.3 is 11.9 Å². The van der Waals surface area contributed by atoms with Gasteiger partial charge in [0.1, 0.15) is 12.7 Å². The van der Waals surface area contributed by atoms with Gasteiger partial charge in [0.15, 0.2) is 5.78 Å². The highest BCUT2D eigenvalue weighted by Gasteiger charge is 2.27. The topological polar surface area (TPSA) is 69.7 Å². The van der Waals surface area contributed by atoms with Gasteiger partial charge in [0.2, 0.25) is 0 Å². The van der Waals surface area contributed by atoms with Crippen LogP contribution in [0.5, 0.6) is 0 Å². The molecule has 0 fully saturated rings. The van der Waals surface area contributed by atoms with E-state index in [-0.39, 0.29) is 25.2 Å². The highest BCUT2D eigenvalue weighted by Crippen LogP contribution is 2.21. The number of hydrogen-bond donors (Lipinski definition) is 0. The monoisotopic (exact) mass is 288 g/mol. The number of hydrogen-bond acceptors (Lipinski definition) is 5. The van der Waals surface area contributed by atoms with Crippen molar-refractivity contribution >= 4 is 17.7 Å². The molecule has 0 amide bonds. The zero-order chi connectivity index (χ0) is 15.2. The summed E-state index contributed by atoms with van der Waals surface area (Å²) in [7, 11) is 0. The van der Waals surface area contributed by atoms with Crippen molar-refractivity contribution in [2.75, 3.05) is 0 Å². The molecule has 1 aliphatic carbocycles. The summed E-state index contributed by atoms with van der Waals surface area (Å²) in [6, 6.07) is 9.29. The molecule has 0 aliphatic heterocycles. The molecule has 2 rings (SSSR count). The Balaban J connectivity index is 1.84. The molecule has 0 unspecified atom stereocenters. The van der Waals surface area contributed by atoms with E-state index in [2.05, 4.69) is 0 Å². The molecule has 1 atom stereocenters. The van der Waals surface area contributed by atoms with Crippen LogP contribution in [0.3, 0.4) is 0 Å². The van der Waals surface area contributed by atoms with Crippen molar-refractivity contribution in [1.29, 1.82) is 0 Å². The Morgan fingerprint density at radius 1 is 1.24 bits per heavy atom. The molecule has 1 aliphatic rings. The number of Topliss-reactive ketones (excluding diaryl/α,β-unsaturated/α-hetero) is 1. The third-order valence-corrected chi connectivity index (χ3v) is 3.03. The predicted octanol–water partition coefficient (Wildman–Crippen LogP) is 1.95. The Morgan fingerprint density at radius 2 is 1.95 bits per heavy atom. The van der Waals surface area contributed by atoms with Crippen molar-refractivity contribution in [3.05, 3.63) is 47.5 Å². The molecule has 5 nitrogen and oxygen atoms in total. The van der Waals surface area contributed by atoms with Crippen molar-refractivity contribution in [3.63, 3.8) is 0 Å². The molecule has 1 aromatic carbocycles. The smallest absolute Gasteiger partial charge is 0.310 e. The van der Waals surface area contributed by atoms with Crippen molar-refractivity contribution < 1.29 is 23.9 Å². The molecule has 0 saturated heterocycles. The third-order valence-electron chi connectivity index (χ3n) is 3.03. The lowest BCUT2D eigenvalue weighted by atomic mass is 10.1. The largest absolute Gasteiger partial charge is 0.461 e. The average Bonchev–Trinajstić information content (AvgIpc) is 2.76. The third kappa shape index (κ3) is 4.56. The highest BCUT2D eigenvalue weighted by molar-refractivity contribution is 6.02. The summed E-state index contributed by atoms with van der Waals surface area (Å²) in [6.07, 6.45) is 0.963. The molecule has 0 bridgehead atoms. The minimum Gasteiger partial charge on any atom is -0.461 e. The van der Waals surface area contributed by atoms with Gasteiger partial charge in [-0.3, -0.25) is 14.4 Å². The molecule has 0 saturated carbocycles. The lowest BCUT2D eigenvalue weighted by Gasteiger charge is -2.05. The number of esters is 2. The molecular weight excluding hydrogens is 272 g/mol. The second-order valence-corrected chi connectivity index (χ2v) is 4.79. The molecule has 5 heteroatoms. The summed E-state index contributed by atoms with van der Waals surface area (Å²) in [5.41, 5.74) is 1.23. The summed E-state index contributed by atoms with van der Waals surface area (Å²) in [6.45, 7) is 1.46. The second kappa shape index (κ2) is 6.83. The molecule has 1 aromatic rings. The summed E-state index contributed by atoms with van der Waals surface area (Å²) >= 11 is 0. The van der Waals surface area contributed by atoms with E-state index in [0.29, 0.717) is 5.57 Å². The summed E-state index contributed by atoms with van der Waals surface area (Å²) in [4.78, 5) is 34.3. The number of ether oxygens (including phenoxy) is 2. The van der Waals surface area contributed by atoms with E-state index in [1.54, 1.807) is 0 Å². The first-order chi connectivity index (χ1) is 10.0. The maximum Gasteiger partial charge on any atom is 0.310 e. The molecule has 110 valence electrons. The van der Waals surface area contributed by atoms with E-state index in [1.165, 1.54) is 13.0 Å². The summed E-state index contributed by atoms with van der Waals surface area (Å²) in [5.74, 6) is -1.10. The Morgan fingerprint density at radius 3 is 2.62 bits per heavy atom. The van der Waals surface area contributed by atoms with Crippen LogP contribution in [0.4, 0.5) is 0 Å². The van der Waals surface area contributed by atoms with Crippen LogP contribution in [-0.2, 0) is 30.5 Å². The zero-order valence-electron chi connectivity index (χ0n) is 11.7. The van der Waals surface area contributed by atoms with Crippen LogP contribution in [-0.4, -0.2) is 23.8 Å². The van der Waals surface area contributed by atoms with Crippen LogP contribution in [0.1, 0.15) is 25.3 Å². The van der Waals surface area contributed by atoms with E-state index in [4.69, 9.17) is 9.47 Å². The Hall–Kier alpha value is -2.43. The first-order valence-electron chi connectivity index (χ1n) is 6.65. The van der Waals surface area contributed by atoms with Gasteiger partial charge in [-0.2, -0.15) is 0 Å². The van der Waals surface area contributed by atoms with Crippen LogP contribution >= 0.6 is 0 Å². The summed E-state index contributed by atoms with van der Waals surface area (Å²) < 4.78 is 10.0. The number of ketones is 1. The SMILES string of the molecule is CC(=O)O[C@H]1C=C(CC(=O)OCc2ccccc2)C(=O)C1. The Labute approximate surface area is 122 Å². The first kappa shape index (κ1) is 15.0. The number of benzene rings is 1. The van der Waals surface area contributed by atoms with Crippen LogP contribution in [0, 0.1) is 0 Å². The van der Waals surface area contributed by atoms with E-state index in [1.807, 2.05) is 30.3 Å². The highest BCUT2D eigenvalue weighted by atomic mass is 16.5. The lowest BCUT2D eigenvalue weighted by Crippen LogP contribution is -2.12. The molecule has 0 heterocycles. The minimum atomic E-state index is -0.563. The van der Waals surface area contributed by atoms with Gasteiger partial charge in [-0.05, 0) is 11.6 Å². The molecule has 0 N–H and O–H groups in total. The normalized spacial score (nSPS) is 17.3. The fourth-order valence-electron chi connectivity index (χ4n) is 2.08. The maximum absolute atomic E-state index is 11.7. The molecule has 21 heavy (non-hydrogen) atoms. The molecule has 0 radical (unpaired) electrons. The molecule has 0 aromatic heterocycles. The van der Waals surface area contributed by atoms with Gasteiger partial charge < -0.3 is 9.47 Å². The predicted molar refractivity (Wildman–Crippen MR) is 74.1 cm³/mol. The first-order valence-corrected chi connectivity index (χ1v) is 6.65. The van der Waals surface area contributed by atoms with Gasteiger partial charge in [-0.15, -0.1) is 0 Å². The minimum absolute atomic E-state index is 0.0938. The van der Waals surface area contributed by atoms with Crippen LogP contribution in [0.15, 0.2) is 42.0 Å². The second-order valence-electron chi connectivity index (χ2n) is 4.79. The van der Waals surface area contributed by atoms with Crippen molar-refractivity contribution in [2.24, 2.45) is 0 Å². The van der Waals surface area contributed by atoms with E-state index < -0.39 is 18.0 Å². The van der Waals surface area contributed by atoms with E-state index >= 15 is 0 Å². The van der Waals surface area contributed by atoms with Gasteiger partial charge in [-0.25, -0.2) is 0 Å². The Kier molecular flexibility index (Phi) is 4.87. The van der Waals surface area contributed by atoms with E-state index in [0.717, 1.165) is 5.56 Å². The average molecular weight is 288 g/mol. The number of carbonyl (C=O) groups is 3. The maximum atomic E-state index is 11.7.